The van der Waals surface area contributed by atoms with E-state index in [4.69, 9.17) is 112 Å². The van der Waals surface area contributed by atoms with Gasteiger partial charge in [0.2, 0.25) is 12.2 Å². The number of amides is 7. The van der Waals surface area contributed by atoms with E-state index in [2.05, 4.69) is 41.3 Å². The van der Waals surface area contributed by atoms with Crippen LogP contribution in [0.1, 0.15) is 81.8 Å². The number of benzene rings is 7. The lowest BCUT2D eigenvalue weighted by Gasteiger charge is -2.48. The summed E-state index contributed by atoms with van der Waals surface area (Å²) in [4.78, 5) is 71.1. The number of hydrogen-bond donors (Lipinski definition) is 7. The molecule has 7 N–H and O–H groups in total. The van der Waals surface area contributed by atoms with Gasteiger partial charge in [0.1, 0.15) is 23.0 Å². The second-order valence-electron chi connectivity index (χ2n) is 31.2. The number of azide groups is 2. The van der Waals surface area contributed by atoms with Gasteiger partial charge >= 0.3 is 36.5 Å². The predicted molar refractivity (Wildman–Crippen MR) is 463 cm³/mol. The molecule has 0 saturated carbocycles. The SMILES string of the molecule is COc1ccc(COCC2OC(OC(=N)C(Cl)(Cl)Cl)C(NC(=O)C(F)(F)F)[C@@H](C)[C@@H]2C)cc1.COc1ccc(COCC2OCC(N3C(=O)c4ccccc4C3=O)[C@@H](O)[C@H]2N=[N+]=[N-])cc1.COc1ccc(COCC2O[C@@H](O[C@@H]3C(NC(=O)Nc4cccc(C(F)(F)F)c4)COC(COCc4ccc(OC)cc4)[C@@H]3N=[N+]=[N-])C(NC(=O)Nc3cccc(C(F)(F)F)c3)[C@@H](C)[C@@H]2C)cc1. The molecule has 0 spiro atoms. The summed E-state index contributed by atoms with van der Waals surface area (Å²) in [6.45, 7) is 7.45. The Balaban J connectivity index is 0.000000234. The molecular weight excluding hydrogens is 1840 g/mol. The molecule has 0 aliphatic carbocycles. The highest BCUT2D eigenvalue weighted by atomic mass is 35.6. The minimum absolute atomic E-state index is 0.0248. The van der Waals surface area contributed by atoms with Crippen LogP contribution in [0.25, 0.3) is 20.9 Å². The fraction of sp³-hybridized carbons (Fsp3) is 0.455. The Hall–Kier alpha value is -11.2. The molecule has 0 aromatic heterocycles. The molecule has 4 fully saturated rings. The second-order valence-corrected chi connectivity index (χ2v) is 33.5. The molecule has 45 heteroatoms. The summed E-state index contributed by atoms with van der Waals surface area (Å²) in [5.41, 5.74) is 20.5. The van der Waals surface area contributed by atoms with Gasteiger partial charge in [-0.2, -0.15) is 39.5 Å². The lowest BCUT2D eigenvalue weighted by Crippen LogP contribution is -2.65. The Morgan fingerprint density at radius 2 is 0.880 bits per heavy atom. The van der Waals surface area contributed by atoms with Crippen LogP contribution in [0.4, 0.5) is 60.5 Å². The zero-order valence-electron chi connectivity index (χ0n) is 72.5. The molecule has 9 unspecified atom stereocenters. The van der Waals surface area contributed by atoms with E-state index in [1.54, 1.807) is 115 Å². The third-order valence-electron chi connectivity index (χ3n) is 22.6. The van der Waals surface area contributed by atoms with Gasteiger partial charge in [-0.3, -0.25) is 24.7 Å². The predicted octanol–water partition coefficient (Wildman–Crippen LogP) is 16.3. The lowest BCUT2D eigenvalue weighted by molar-refractivity contribution is -0.275. The largest absolute Gasteiger partial charge is 0.497 e. The Morgan fingerprint density at radius 1 is 0.504 bits per heavy atom. The number of carbonyl (C=O) groups excluding carboxylic acids is 5. The maximum Gasteiger partial charge on any atom is 0.471 e. The van der Waals surface area contributed by atoms with E-state index in [1.807, 2.05) is 60.8 Å². The molecule has 7 amide bonds. The van der Waals surface area contributed by atoms with Crippen molar-refractivity contribution in [3.8, 4) is 23.0 Å². The normalized spacial score (nSPS) is 24.6. The van der Waals surface area contributed by atoms with Crippen LogP contribution in [0, 0.1) is 29.1 Å². The minimum Gasteiger partial charge on any atom is -0.497 e. The van der Waals surface area contributed by atoms with Crippen molar-refractivity contribution in [3.05, 3.63) is 235 Å². The average Bonchev–Trinajstić information content (AvgIpc) is 1.66. The number of imide groups is 1. The first-order valence-corrected chi connectivity index (χ1v) is 42.3. The van der Waals surface area contributed by atoms with Crippen LogP contribution in [0.3, 0.4) is 0 Å². The summed E-state index contributed by atoms with van der Waals surface area (Å²) in [6, 6.07) is 34.7. The number of ether oxygens (including phenoxy) is 14. The van der Waals surface area contributed by atoms with E-state index in [9.17, 15) is 74.1 Å². The fourth-order valence-electron chi connectivity index (χ4n) is 14.9. The Bertz CT molecular complexity index is 5120. The first kappa shape index (κ1) is 104. The van der Waals surface area contributed by atoms with E-state index in [0.717, 1.165) is 69.3 Å². The number of aliphatic hydroxyl groups excluding tert-OH is 1. The van der Waals surface area contributed by atoms with Crippen LogP contribution < -0.4 is 45.5 Å². The number of hydrogen-bond acceptors (Lipinski definition) is 23. The topological polar surface area (TPSA) is 420 Å². The molecule has 18 atom stereocenters. The number of alkyl halides is 12. The standard InChI is InChI=1S/C46H51F6N7O9.C22H22N4O6.C20H24Cl3F3N2O5/c1-26-27(2)39(57-44(61)55-33-10-6-8-31(20-33)46(50,51)52)42(67-37(26)24-64-21-28-11-15-34(62-3)16-12-28)68-41-36(56-43(60)54-32-9-5-7-30(19-32)45(47,48)49)23-66-38(40(41)58-59-53)25-65-22-29-13-17-35(63-4)18-14-29;1-30-14-8-6-13(7-9-14)10-31-12-18-19(24-25-23)20(27)17(11-32-18)26-21(28)15-4-2-3-5-16(15)22(26)29;1-10-11(2)15(28-18(29)20(24,25)26)16(33-17(27)19(21,22)23)32-14(10)9-31-8-12-4-6-13(30-3)7-5-12/h5-20,26-27,36-42H,21-25H2,1-4H3,(H2,54,56,60)(H2,55,57,61);2-9,17-20,27H,10-12H2,1H3;4-7,10-11,14-16,27H,8-9H2,1-3H3,(H,28,29)/t26-,27-,36?,37?,38?,39?,40-,41+,42-;17?,18?,19-,20+;10-,11-,14?,15?,16?/m000/s1. The molecule has 133 heavy (non-hydrogen) atoms. The van der Waals surface area contributed by atoms with Gasteiger partial charge in [-0.25, -0.2) is 9.59 Å². The molecule has 33 nitrogen and oxygen atoms in total. The van der Waals surface area contributed by atoms with Gasteiger partial charge in [-0.05, 0) is 154 Å². The van der Waals surface area contributed by atoms with E-state index in [1.165, 1.54) is 19.2 Å². The number of fused-ring (bicyclic) bond motifs is 1. The van der Waals surface area contributed by atoms with Crippen LogP contribution >= 0.6 is 34.8 Å². The third kappa shape index (κ3) is 28.7. The van der Waals surface area contributed by atoms with Crippen molar-refractivity contribution in [3.63, 3.8) is 0 Å². The highest BCUT2D eigenvalue weighted by molar-refractivity contribution is 6.76. The number of anilines is 2. The number of methoxy groups -OCH3 is 4. The second kappa shape index (κ2) is 47.6. The van der Waals surface area contributed by atoms with Gasteiger partial charge in [-0.1, -0.05) is 146 Å². The first-order valence-electron chi connectivity index (χ1n) is 41.2. The van der Waals surface area contributed by atoms with E-state index >= 15 is 0 Å². The van der Waals surface area contributed by atoms with Crippen LogP contribution in [-0.4, -0.2) is 209 Å². The quantitative estimate of drug-likeness (QED) is 0.00310. The number of nitrogens with zero attached hydrogens (tertiary/aromatic N) is 7. The number of halogens is 12. The summed E-state index contributed by atoms with van der Waals surface area (Å²) in [6.07, 6.45) is -23.1. The number of rotatable bonds is 31. The summed E-state index contributed by atoms with van der Waals surface area (Å²) in [5, 5.41) is 38.5. The van der Waals surface area contributed by atoms with Gasteiger partial charge in [0.15, 0.2) is 6.29 Å². The van der Waals surface area contributed by atoms with Gasteiger partial charge in [0, 0.05) is 21.2 Å². The summed E-state index contributed by atoms with van der Waals surface area (Å²) >= 11 is 16.9. The van der Waals surface area contributed by atoms with Crippen molar-refractivity contribution < 1.29 is 135 Å². The Morgan fingerprint density at radius 3 is 1.27 bits per heavy atom. The maximum atomic E-state index is 13.7. The van der Waals surface area contributed by atoms with Crippen molar-refractivity contribution in [2.75, 3.05) is 78.7 Å². The molecular formula is C88H97Cl3F9N13O20. The van der Waals surface area contributed by atoms with Gasteiger partial charge in [0.05, 0.1) is 190 Å². The summed E-state index contributed by atoms with van der Waals surface area (Å²) in [5.74, 6) is -3.08. The van der Waals surface area contributed by atoms with Gasteiger partial charge in [0.25, 0.3) is 15.6 Å². The number of urea groups is 2. The zero-order valence-corrected chi connectivity index (χ0v) is 74.8. The number of carbonyl (C=O) groups is 5. The summed E-state index contributed by atoms with van der Waals surface area (Å²) in [7, 11) is 6.22. The van der Waals surface area contributed by atoms with Gasteiger partial charge in [-0.15, -0.1) is 0 Å². The number of nitrogens with one attached hydrogen (secondary N) is 6. The van der Waals surface area contributed by atoms with Crippen molar-refractivity contribution in [1.82, 2.24) is 20.9 Å². The van der Waals surface area contributed by atoms with Crippen molar-refractivity contribution in [2.24, 2.45) is 33.9 Å². The van der Waals surface area contributed by atoms with Crippen molar-refractivity contribution >= 4 is 81.9 Å². The molecule has 5 aliphatic rings. The molecule has 4 saturated heterocycles. The van der Waals surface area contributed by atoms with Crippen LogP contribution in [0.2, 0.25) is 0 Å². The van der Waals surface area contributed by atoms with Crippen molar-refractivity contribution in [2.45, 2.75) is 162 Å². The smallest absolute Gasteiger partial charge is 0.471 e. The highest BCUT2D eigenvalue weighted by Crippen LogP contribution is 2.40. The Kier molecular flexibility index (Phi) is 37.2. The van der Waals surface area contributed by atoms with Crippen molar-refractivity contribution in [1.29, 1.82) is 5.41 Å². The molecule has 5 heterocycles. The number of aliphatic hydroxyl groups is 1. The van der Waals surface area contributed by atoms with E-state index in [0.29, 0.717) is 17.2 Å². The van der Waals surface area contributed by atoms with E-state index in [-0.39, 0.29) is 100 Å². The molecule has 718 valence electrons. The molecule has 12 rings (SSSR count). The van der Waals surface area contributed by atoms with Crippen LogP contribution in [-0.2, 0) is 90.9 Å². The third-order valence-corrected chi connectivity index (χ3v) is 23.1. The zero-order chi connectivity index (χ0) is 96.7. The molecule has 7 aromatic rings. The van der Waals surface area contributed by atoms with Crippen LogP contribution in [0.15, 0.2) is 180 Å². The fourth-order valence-corrected chi connectivity index (χ4v) is 15.0. The monoisotopic (exact) mass is 1930 g/mol. The molecule has 0 radical (unpaired) electrons. The lowest BCUT2D eigenvalue weighted by atomic mass is 9.82. The Labute approximate surface area is 772 Å². The summed E-state index contributed by atoms with van der Waals surface area (Å²) < 4.78 is 198. The maximum absolute atomic E-state index is 13.7. The van der Waals surface area contributed by atoms with E-state index < -0.39 is 166 Å². The highest BCUT2D eigenvalue weighted by Gasteiger charge is 2.53. The minimum atomic E-state index is -5.12. The van der Waals surface area contributed by atoms with Gasteiger partial charge < -0.3 is 98.0 Å². The molecule has 7 aromatic carbocycles. The average molecular weight is 1930 g/mol. The first-order chi connectivity index (χ1) is 63.2. The molecule has 5 aliphatic heterocycles. The van der Waals surface area contributed by atoms with Crippen LogP contribution in [0.5, 0.6) is 23.0 Å². The molecule has 0 bridgehead atoms.